The molecule has 98 valence electrons. The second-order valence-corrected chi connectivity index (χ2v) is 5.31. The lowest BCUT2D eigenvalue weighted by atomic mass is 10.0. The molecule has 0 spiro atoms. The highest BCUT2D eigenvalue weighted by Gasteiger charge is 2.17. The third-order valence-corrected chi connectivity index (χ3v) is 3.86. The number of fused-ring (bicyclic) bond motifs is 1. The fourth-order valence-corrected chi connectivity index (χ4v) is 2.78. The summed E-state index contributed by atoms with van der Waals surface area (Å²) >= 11 is 12.0. The number of benzene rings is 1. The van der Waals surface area contributed by atoms with Crippen LogP contribution in [0.1, 0.15) is 11.1 Å². The second kappa shape index (κ2) is 5.35. The van der Waals surface area contributed by atoms with Crippen molar-refractivity contribution in [3.05, 3.63) is 51.9 Å². The molecule has 1 aliphatic rings. The molecule has 0 atom stereocenters. The van der Waals surface area contributed by atoms with E-state index in [2.05, 4.69) is 39.1 Å². The van der Waals surface area contributed by atoms with Gasteiger partial charge >= 0.3 is 0 Å². The molecule has 3 rings (SSSR count). The highest BCUT2D eigenvalue weighted by Crippen LogP contribution is 2.26. The molecule has 0 saturated heterocycles. The maximum atomic E-state index is 6.17. The van der Waals surface area contributed by atoms with Crippen LogP contribution in [-0.2, 0) is 12.8 Å². The van der Waals surface area contributed by atoms with Crippen LogP contribution in [0.2, 0.25) is 10.3 Å². The molecule has 0 N–H and O–H groups in total. The molecular formula is C14H13Cl2N3. The van der Waals surface area contributed by atoms with E-state index in [9.17, 15) is 0 Å². The summed E-state index contributed by atoms with van der Waals surface area (Å²) in [6.45, 7) is 1.79. The molecular weight excluding hydrogens is 281 g/mol. The van der Waals surface area contributed by atoms with Crippen LogP contribution < -0.4 is 4.90 Å². The third kappa shape index (κ3) is 2.67. The number of hydrogen-bond acceptors (Lipinski definition) is 3. The standard InChI is InChI=1S/C14H13Cl2N3/c15-12-9-17-14(16)18-13(12)19-7-5-10-3-1-2-4-11(10)6-8-19/h1-4,9H,5-8H2. The van der Waals surface area contributed by atoms with Crippen molar-refractivity contribution in [2.45, 2.75) is 12.8 Å². The molecule has 0 aliphatic carbocycles. The number of halogens is 2. The van der Waals surface area contributed by atoms with Gasteiger partial charge in [0.1, 0.15) is 5.02 Å². The minimum Gasteiger partial charge on any atom is -0.355 e. The highest BCUT2D eigenvalue weighted by atomic mass is 35.5. The van der Waals surface area contributed by atoms with E-state index in [0.29, 0.717) is 5.02 Å². The van der Waals surface area contributed by atoms with Gasteiger partial charge in [0.25, 0.3) is 0 Å². The number of rotatable bonds is 1. The molecule has 1 aliphatic heterocycles. The van der Waals surface area contributed by atoms with Gasteiger partial charge < -0.3 is 4.90 Å². The van der Waals surface area contributed by atoms with Crippen LogP contribution in [0.15, 0.2) is 30.5 Å². The molecule has 2 heterocycles. The Balaban J connectivity index is 1.87. The monoisotopic (exact) mass is 293 g/mol. The average molecular weight is 294 g/mol. The Kier molecular flexibility index (Phi) is 3.58. The molecule has 0 amide bonds. The van der Waals surface area contributed by atoms with Gasteiger partial charge in [-0.3, -0.25) is 0 Å². The van der Waals surface area contributed by atoms with Crippen molar-refractivity contribution in [2.24, 2.45) is 0 Å². The van der Waals surface area contributed by atoms with E-state index in [1.165, 1.54) is 11.1 Å². The van der Waals surface area contributed by atoms with Crippen molar-refractivity contribution in [2.75, 3.05) is 18.0 Å². The van der Waals surface area contributed by atoms with Crippen LogP contribution in [0.5, 0.6) is 0 Å². The summed E-state index contributed by atoms with van der Waals surface area (Å²) in [7, 11) is 0. The Labute approximate surface area is 122 Å². The lowest BCUT2D eigenvalue weighted by molar-refractivity contribution is 0.788. The summed E-state index contributed by atoms with van der Waals surface area (Å²) in [5.41, 5.74) is 2.81. The first-order valence-corrected chi connectivity index (χ1v) is 6.99. The van der Waals surface area contributed by atoms with E-state index >= 15 is 0 Å². The third-order valence-electron chi connectivity index (χ3n) is 3.42. The molecule has 0 bridgehead atoms. The van der Waals surface area contributed by atoms with Crippen LogP contribution in [0.4, 0.5) is 5.82 Å². The fourth-order valence-electron chi connectivity index (χ4n) is 2.44. The largest absolute Gasteiger partial charge is 0.355 e. The average Bonchev–Trinajstić information content (AvgIpc) is 2.64. The SMILES string of the molecule is Clc1ncc(Cl)c(N2CCc3ccccc3CC2)n1. The minimum absolute atomic E-state index is 0.237. The fraction of sp³-hybridized carbons (Fsp3) is 0.286. The normalized spacial score (nSPS) is 14.9. The number of nitrogens with zero attached hydrogens (tertiary/aromatic N) is 3. The summed E-state index contributed by atoms with van der Waals surface area (Å²) < 4.78 is 0. The Morgan fingerprint density at radius 3 is 2.26 bits per heavy atom. The van der Waals surface area contributed by atoms with Gasteiger partial charge in [-0.05, 0) is 35.6 Å². The quantitative estimate of drug-likeness (QED) is 0.755. The lowest BCUT2D eigenvalue weighted by Gasteiger charge is -2.22. The first-order chi connectivity index (χ1) is 9.24. The van der Waals surface area contributed by atoms with Crippen molar-refractivity contribution in [1.82, 2.24) is 9.97 Å². The van der Waals surface area contributed by atoms with Crippen molar-refractivity contribution in [3.63, 3.8) is 0 Å². The van der Waals surface area contributed by atoms with E-state index < -0.39 is 0 Å². The van der Waals surface area contributed by atoms with Gasteiger partial charge in [0, 0.05) is 13.1 Å². The smallest absolute Gasteiger partial charge is 0.224 e. The molecule has 0 unspecified atom stereocenters. The molecule has 0 saturated carbocycles. The number of anilines is 1. The van der Waals surface area contributed by atoms with Crippen LogP contribution in [0, 0.1) is 0 Å². The van der Waals surface area contributed by atoms with Crippen LogP contribution >= 0.6 is 23.2 Å². The first-order valence-electron chi connectivity index (χ1n) is 6.24. The summed E-state index contributed by atoms with van der Waals surface area (Å²) in [4.78, 5) is 10.3. The summed E-state index contributed by atoms with van der Waals surface area (Å²) in [5.74, 6) is 0.731. The zero-order chi connectivity index (χ0) is 13.2. The maximum absolute atomic E-state index is 6.17. The van der Waals surface area contributed by atoms with Crippen LogP contribution in [-0.4, -0.2) is 23.1 Å². The van der Waals surface area contributed by atoms with Gasteiger partial charge in [0.05, 0.1) is 6.20 Å². The lowest BCUT2D eigenvalue weighted by Crippen LogP contribution is -2.27. The number of hydrogen-bond donors (Lipinski definition) is 0. The predicted octanol–water partition coefficient (Wildman–Crippen LogP) is 3.39. The van der Waals surface area contributed by atoms with Crippen molar-refractivity contribution < 1.29 is 0 Å². The van der Waals surface area contributed by atoms with Crippen molar-refractivity contribution in [3.8, 4) is 0 Å². The topological polar surface area (TPSA) is 29.0 Å². The minimum atomic E-state index is 0.237. The molecule has 5 heteroatoms. The zero-order valence-corrected chi connectivity index (χ0v) is 11.8. The molecule has 0 fully saturated rings. The van der Waals surface area contributed by atoms with Crippen LogP contribution in [0.3, 0.4) is 0 Å². The van der Waals surface area contributed by atoms with Crippen LogP contribution in [0.25, 0.3) is 0 Å². The van der Waals surface area contributed by atoms with E-state index in [1.54, 1.807) is 6.20 Å². The van der Waals surface area contributed by atoms with E-state index in [4.69, 9.17) is 23.2 Å². The molecule has 2 aromatic rings. The highest BCUT2D eigenvalue weighted by molar-refractivity contribution is 6.33. The van der Waals surface area contributed by atoms with Crippen molar-refractivity contribution >= 4 is 29.0 Å². The van der Waals surface area contributed by atoms with E-state index in [0.717, 1.165) is 31.7 Å². The Morgan fingerprint density at radius 2 is 1.63 bits per heavy atom. The summed E-state index contributed by atoms with van der Waals surface area (Å²) in [6.07, 6.45) is 3.55. The van der Waals surface area contributed by atoms with E-state index in [-0.39, 0.29) is 5.28 Å². The van der Waals surface area contributed by atoms with E-state index in [1.807, 2.05) is 0 Å². The molecule has 3 nitrogen and oxygen atoms in total. The number of aromatic nitrogens is 2. The summed E-state index contributed by atoms with van der Waals surface area (Å²) in [5, 5.41) is 0.788. The summed E-state index contributed by atoms with van der Waals surface area (Å²) in [6, 6.07) is 8.55. The van der Waals surface area contributed by atoms with Gasteiger partial charge in [0.2, 0.25) is 5.28 Å². The zero-order valence-electron chi connectivity index (χ0n) is 10.3. The molecule has 1 aromatic heterocycles. The molecule has 0 radical (unpaired) electrons. The van der Waals surface area contributed by atoms with Gasteiger partial charge in [-0.25, -0.2) is 4.98 Å². The van der Waals surface area contributed by atoms with Gasteiger partial charge in [-0.2, -0.15) is 4.98 Å². The molecule has 1 aromatic carbocycles. The van der Waals surface area contributed by atoms with Gasteiger partial charge in [-0.1, -0.05) is 35.9 Å². The maximum Gasteiger partial charge on any atom is 0.224 e. The van der Waals surface area contributed by atoms with Gasteiger partial charge in [-0.15, -0.1) is 0 Å². The Morgan fingerprint density at radius 1 is 1.00 bits per heavy atom. The Hall–Kier alpha value is -1.32. The Bertz CT molecular complexity index is 574. The van der Waals surface area contributed by atoms with Crippen molar-refractivity contribution in [1.29, 1.82) is 0 Å². The first kappa shape index (κ1) is 12.7. The van der Waals surface area contributed by atoms with Gasteiger partial charge in [0.15, 0.2) is 5.82 Å². The predicted molar refractivity (Wildman–Crippen MR) is 78.1 cm³/mol. The second-order valence-electron chi connectivity index (χ2n) is 4.57. The molecule has 19 heavy (non-hydrogen) atoms.